The van der Waals surface area contributed by atoms with Crippen molar-refractivity contribution in [2.75, 3.05) is 6.54 Å². The molecule has 7 heavy (non-hydrogen) atoms. The number of nitrogens with zero attached hydrogens (tertiary/aromatic N) is 1. The fourth-order valence-corrected chi connectivity index (χ4v) is 0.383. The van der Waals surface area contributed by atoms with Gasteiger partial charge >= 0.3 is 0 Å². The maximum Gasteiger partial charge on any atom is 0.280 e. The minimum absolute atomic E-state index is 0.0220. The molecule has 0 amide bonds. The van der Waals surface area contributed by atoms with Gasteiger partial charge in [0, 0.05) is 0 Å². The van der Waals surface area contributed by atoms with E-state index in [4.69, 9.17) is 0 Å². The van der Waals surface area contributed by atoms with Crippen LogP contribution >= 0.6 is 0 Å². The molecule has 0 aromatic carbocycles. The van der Waals surface area contributed by atoms with Crippen LogP contribution in [0.15, 0.2) is 4.99 Å². The van der Waals surface area contributed by atoms with E-state index >= 15 is 0 Å². The summed E-state index contributed by atoms with van der Waals surface area (Å²) in [6.45, 7) is -0.0220. The van der Waals surface area contributed by atoms with Crippen LogP contribution in [0.2, 0.25) is 0 Å². The van der Waals surface area contributed by atoms with Gasteiger partial charge in [0.2, 0.25) is 6.30 Å². The molecule has 1 N–H and O–H groups in total. The molecule has 0 spiro atoms. The predicted octanol–water partition coefficient (Wildman–Crippen LogP) is 0.211. The van der Waals surface area contributed by atoms with Gasteiger partial charge in [0.1, 0.15) is 0 Å². The number of halogens is 2. The van der Waals surface area contributed by atoms with E-state index in [2.05, 4.69) is 10.3 Å². The molecule has 0 aliphatic carbocycles. The lowest BCUT2D eigenvalue weighted by Gasteiger charge is -1.85. The van der Waals surface area contributed by atoms with Crippen molar-refractivity contribution in [3.8, 4) is 0 Å². The van der Waals surface area contributed by atoms with Crippen LogP contribution in [0, 0.1) is 0 Å². The maximum atomic E-state index is 11.7. The van der Waals surface area contributed by atoms with E-state index in [0.29, 0.717) is 0 Å². The van der Waals surface area contributed by atoms with Gasteiger partial charge in [0.25, 0.3) is 6.09 Å². The minimum atomic E-state index is -1.38. The lowest BCUT2D eigenvalue weighted by Crippen LogP contribution is -2.15. The summed E-state index contributed by atoms with van der Waals surface area (Å²) in [7, 11) is 0. The van der Waals surface area contributed by atoms with Crippen molar-refractivity contribution in [3.63, 3.8) is 0 Å². The standard InChI is InChI=1S/C3H4F2N2/c4-2-1-6-3(5)7-2/h2H,1H2,(H,6,7). The van der Waals surface area contributed by atoms with Crippen LogP contribution in [0.1, 0.15) is 0 Å². The fourth-order valence-electron chi connectivity index (χ4n) is 0.383. The van der Waals surface area contributed by atoms with E-state index in [9.17, 15) is 8.78 Å². The van der Waals surface area contributed by atoms with Crippen molar-refractivity contribution >= 4 is 6.09 Å². The number of alkyl halides is 1. The molecule has 0 radical (unpaired) electrons. The molecule has 1 heterocycles. The minimum Gasteiger partial charge on any atom is -0.341 e. The molecule has 0 aromatic rings. The topological polar surface area (TPSA) is 24.4 Å². The summed E-state index contributed by atoms with van der Waals surface area (Å²) in [5.74, 6) is 0. The summed E-state index contributed by atoms with van der Waals surface area (Å²) in [5, 5.41) is 2.08. The van der Waals surface area contributed by atoms with E-state index in [0.717, 1.165) is 0 Å². The molecule has 0 saturated carbocycles. The Morgan fingerprint density at radius 1 is 1.86 bits per heavy atom. The first-order valence-corrected chi connectivity index (χ1v) is 1.90. The summed E-state index contributed by atoms with van der Waals surface area (Å²) < 4.78 is 23.3. The summed E-state index contributed by atoms with van der Waals surface area (Å²) in [6, 6.07) is 0. The first kappa shape index (κ1) is 4.49. The van der Waals surface area contributed by atoms with Gasteiger partial charge < -0.3 is 5.32 Å². The van der Waals surface area contributed by atoms with Gasteiger partial charge in [-0.25, -0.2) is 9.38 Å². The van der Waals surface area contributed by atoms with Gasteiger partial charge in [0.05, 0.1) is 6.54 Å². The lowest BCUT2D eigenvalue weighted by atomic mass is 10.6. The van der Waals surface area contributed by atoms with Crippen LogP contribution in [0.4, 0.5) is 8.78 Å². The monoisotopic (exact) mass is 106 g/mol. The average molecular weight is 106 g/mol. The largest absolute Gasteiger partial charge is 0.341 e. The molecule has 0 saturated heterocycles. The van der Waals surface area contributed by atoms with Crippen molar-refractivity contribution in [2.45, 2.75) is 6.30 Å². The van der Waals surface area contributed by atoms with Crippen molar-refractivity contribution in [3.05, 3.63) is 0 Å². The Balaban J connectivity index is 2.50. The van der Waals surface area contributed by atoms with Crippen LogP contribution in [0.3, 0.4) is 0 Å². The molecule has 1 unspecified atom stereocenters. The molecule has 40 valence electrons. The number of rotatable bonds is 0. The van der Waals surface area contributed by atoms with Gasteiger partial charge in [-0.3, -0.25) is 0 Å². The normalized spacial score (nSPS) is 29.4. The smallest absolute Gasteiger partial charge is 0.280 e. The highest BCUT2D eigenvalue weighted by Crippen LogP contribution is 1.97. The summed E-state index contributed by atoms with van der Waals surface area (Å²) in [4.78, 5) is 2.86. The highest BCUT2D eigenvalue weighted by atomic mass is 19.1. The molecule has 0 aromatic heterocycles. The molecule has 0 fully saturated rings. The molecule has 1 aliphatic rings. The number of hydrogen-bond acceptors (Lipinski definition) is 2. The van der Waals surface area contributed by atoms with Crippen molar-refractivity contribution < 1.29 is 8.78 Å². The van der Waals surface area contributed by atoms with Crippen molar-refractivity contribution in [1.29, 1.82) is 0 Å². The molecule has 1 aliphatic heterocycles. The van der Waals surface area contributed by atoms with E-state index in [-0.39, 0.29) is 6.54 Å². The third-order valence-corrected chi connectivity index (χ3v) is 0.670. The van der Waals surface area contributed by atoms with Gasteiger partial charge in [-0.2, -0.15) is 4.39 Å². The van der Waals surface area contributed by atoms with Crippen LogP contribution < -0.4 is 5.32 Å². The molecule has 1 rings (SSSR count). The Labute approximate surface area is 39.2 Å². The second-order valence-corrected chi connectivity index (χ2v) is 1.24. The first-order chi connectivity index (χ1) is 3.29. The third kappa shape index (κ3) is 0.852. The van der Waals surface area contributed by atoms with E-state index in [1.807, 2.05) is 0 Å². The zero-order valence-corrected chi connectivity index (χ0v) is 3.49. The van der Waals surface area contributed by atoms with Gasteiger partial charge in [0.15, 0.2) is 0 Å². The molecule has 4 heteroatoms. The fraction of sp³-hybridized carbons (Fsp3) is 0.667. The van der Waals surface area contributed by atoms with Crippen LogP contribution in [0.5, 0.6) is 0 Å². The quantitative estimate of drug-likeness (QED) is 0.438. The Morgan fingerprint density at radius 3 is 2.71 bits per heavy atom. The number of aliphatic imine (C=N–C) groups is 1. The number of amidine groups is 1. The van der Waals surface area contributed by atoms with Crippen LogP contribution in [-0.2, 0) is 0 Å². The maximum absolute atomic E-state index is 11.7. The Bertz CT molecular complexity index is 101. The van der Waals surface area contributed by atoms with E-state index in [1.54, 1.807) is 0 Å². The zero-order valence-electron chi connectivity index (χ0n) is 3.49. The second-order valence-electron chi connectivity index (χ2n) is 1.24. The molecule has 1 atom stereocenters. The second kappa shape index (κ2) is 1.44. The lowest BCUT2D eigenvalue weighted by molar-refractivity contribution is 0.363. The molecule has 2 nitrogen and oxygen atoms in total. The predicted molar refractivity (Wildman–Crippen MR) is 21.4 cm³/mol. The third-order valence-electron chi connectivity index (χ3n) is 0.670. The van der Waals surface area contributed by atoms with Crippen molar-refractivity contribution in [2.24, 2.45) is 4.99 Å². The molecular weight excluding hydrogens is 102 g/mol. The van der Waals surface area contributed by atoms with Crippen LogP contribution in [0.25, 0.3) is 0 Å². The molecule has 0 bridgehead atoms. The van der Waals surface area contributed by atoms with Gasteiger partial charge in [-0.1, -0.05) is 0 Å². The van der Waals surface area contributed by atoms with Gasteiger partial charge in [-0.15, -0.1) is 0 Å². The summed E-state index contributed by atoms with van der Waals surface area (Å²) >= 11 is 0. The first-order valence-electron chi connectivity index (χ1n) is 1.90. The highest BCUT2D eigenvalue weighted by Gasteiger charge is 2.12. The SMILES string of the molecule is FC1=NC(F)CN1. The number of hydrogen-bond donors (Lipinski definition) is 1. The Hall–Kier alpha value is -0.670. The average Bonchev–Trinajstić information content (AvgIpc) is 1.87. The highest BCUT2D eigenvalue weighted by molar-refractivity contribution is 5.73. The van der Waals surface area contributed by atoms with E-state index < -0.39 is 12.4 Å². The number of nitrogens with one attached hydrogen (secondary N) is 1. The Kier molecular flexibility index (Phi) is 0.923. The Morgan fingerprint density at radius 2 is 2.57 bits per heavy atom. The zero-order chi connectivity index (χ0) is 5.28. The summed E-state index contributed by atoms with van der Waals surface area (Å²) in [6.07, 6.45) is -2.17. The summed E-state index contributed by atoms with van der Waals surface area (Å²) in [5.41, 5.74) is 0. The van der Waals surface area contributed by atoms with Crippen molar-refractivity contribution in [1.82, 2.24) is 5.32 Å². The molecular formula is C3H4F2N2. The van der Waals surface area contributed by atoms with Crippen LogP contribution in [-0.4, -0.2) is 18.9 Å². The van der Waals surface area contributed by atoms with E-state index in [1.165, 1.54) is 0 Å². The van der Waals surface area contributed by atoms with Gasteiger partial charge in [-0.05, 0) is 0 Å².